The highest BCUT2D eigenvalue weighted by Crippen LogP contribution is 2.37. The number of hydrogen-bond acceptors (Lipinski definition) is 6. The molecule has 1 aliphatic heterocycles. The molecule has 0 aliphatic carbocycles. The van der Waals surface area contributed by atoms with Gasteiger partial charge in [-0.15, -0.1) is 11.3 Å². The third-order valence-electron chi connectivity index (χ3n) is 4.71. The van der Waals surface area contributed by atoms with Gasteiger partial charge in [0.25, 0.3) is 0 Å². The molecule has 3 heterocycles. The molecule has 2 aromatic heterocycles. The molecule has 1 aliphatic rings. The monoisotopic (exact) mass is 382 g/mol. The molecule has 0 atom stereocenters. The Bertz CT molecular complexity index is 951. The van der Waals surface area contributed by atoms with Crippen molar-refractivity contribution in [2.45, 2.75) is 6.92 Å². The number of thiophene rings is 1. The van der Waals surface area contributed by atoms with Crippen LogP contribution in [0.4, 0.5) is 5.82 Å². The van der Waals surface area contributed by atoms with Gasteiger partial charge in [0.2, 0.25) is 5.91 Å². The molecule has 27 heavy (non-hydrogen) atoms. The number of nitrogens with zero attached hydrogens (tertiary/aromatic N) is 4. The number of fused-ring (bicyclic) bond motifs is 1. The summed E-state index contributed by atoms with van der Waals surface area (Å²) >= 11 is 1.61. The van der Waals surface area contributed by atoms with E-state index < -0.39 is 0 Å². The Kier molecular flexibility index (Phi) is 5.05. The molecule has 0 bridgehead atoms. The lowest BCUT2D eigenvalue weighted by Crippen LogP contribution is -2.45. The van der Waals surface area contributed by atoms with Crippen molar-refractivity contribution < 1.29 is 9.53 Å². The van der Waals surface area contributed by atoms with Crippen LogP contribution in [0.2, 0.25) is 0 Å². The first kappa shape index (κ1) is 17.9. The minimum Gasteiger partial charge on any atom is -0.378 e. The number of amides is 1. The molecule has 7 heteroatoms. The van der Waals surface area contributed by atoms with Gasteiger partial charge in [-0.05, 0) is 12.5 Å². The van der Waals surface area contributed by atoms with Gasteiger partial charge in [-0.2, -0.15) is 0 Å². The quantitative estimate of drug-likeness (QED) is 0.694. The van der Waals surface area contributed by atoms with E-state index in [4.69, 9.17) is 4.74 Å². The van der Waals surface area contributed by atoms with Crippen LogP contribution in [0.5, 0.6) is 0 Å². The molecule has 3 aromatic rings. The van der Waals surface area contributed by atoms with E-state index in [1.807, 2.05) is 42.0 Å². The molecule has 1 aromatic carbocycles. The summed E-state index contributed by atoms with van der Waals surface area (Å²) in [6.45, 7) is 4.69. The highest BCUT2D eigenvalue weighted by molar-refractivity contribution is 7.17. The van der Waals surface area contributed by atoms with E-state index in [1.165, 1.54) is 0 Å². The second-order valence-electron chi connectivity index (χ2n) is 6.64. The van der Waals surface area contributed by atoms with E-state index in [1.54, 1.807) is 11.3 Å². The van der Waals surface area contributed by atoms with Gasteiger partial charge >= 0.3 is 0 Å². The van der Waals surface area contributed by atoms with Gasteiger partial charge < -0.3 is 14.5 Å². The number of rotatable bonds is 4. The second kappa shape index (κ2) is 7.62. The van der Waals surface area contributed by atoms with Gasteiger partial charge in [0, 0.05) is 31.1 Å². The van der Waals surface area contributed by atoms with Crippen molar-refractivity contribution in [2.24, 2.45) is 0 Å². The van der Waals surface area contributed by atoms with Crippen LogP contribution in [0.3, 0.4) is 0 Å². The Morgan fingerprint density at radius 3 is 2.70 bits per heavy atom. The van der Waals surface area contributed by atoms with E-state index in [0.29, 0.717) is 32.1 Å². The fraction of sp³-hybridized carbons (Fsp3) is 0.350. The van der Waals surface area contributed by atoms with Crippen molar-refractivity contribution in [2.75, 3.05) is 44.8 Å². The molecular formula is C20H22N4O2S. The molecule has 1 amide bonds. The predicted octanol–water partition coefficient (Wildman–Crippen LogP) is 2.96. The summed E-state index contributed by atoms with van der Waals surface area (Å²) < 4.78 is 5.34. The first-order chi connectivity index (χ1) is 13.1. The number of aryl methyl sites for hydroxylation is 1. The van der Waals surface area contributed by atoms with Crippen LogP contribution in [0.15, 0.2) is 35.7 Å². The highest BCUT2D eigenvalue weighted by atomic mass is 32.1. The summed E-state index contributed by atoms with van der Waals surface area (Å²) in [7, 11) is 1.92. The molecule has 6 nitrogen and oxygen atoms in total. The van der Waals surface area contributed by atoms with Crippen molar-refractivity contribution in [3.8, 4) is 11.1 Å². The highest BCUT2D eigenvalue weighted by Gasteiger charge is 2.22. The number of anilines is 1. The maximum Gasteiger partial charge on any atom is 0.242 e. The lowest BCUT2D eigenvalue weighted by atomic mass is 10.1. The Hall–Kier alpha value is -2.51. The van der Waals surface area contributed by atoms with Crippen LogP contribution in [0.1, 0.15) is 5.82 Å². The van der Waals surface area contributed by atoms with Crippen LogP contribution in [0, 0.1) is 6.92 Å². The topological polar surface area (TPSA) is 58.6 Å². The van der Waals surface area contributed by atoms with Gasteiger partial charge in [0.15, 0.2) is 0 Å². The number of ether oxygens (including phenoxy) is 1. The summed E-state index contributed by atoms with van der Waals surface area (Å²) in [6, 6.07) is 10.2. The minimum atomic E-state index is 0.0988. The van der Waals surface area contributed by atoms with Crippen molar-refractivity contribution in [3.63, 3.8) is 0 Å². The van der Waals surface area contributed by atoms with Crippen molar-refractivity contribution in [3.05, 3.63) is 41.5 Å². The average molecular weight is 382 g/mol. The Labute approximate surface area is 162 Å². The number of carbonyl (C=O) groups is 1. The van der Waals surface area contributed by atoms with E-state index in [2.05, 4.69) is 27.5 Å². The number of aromatic nitrogens is 2. The minimum absolute atomic E-state index is 0.0988. The van der Waals surface area contributed by atoms with Gasteiger partial charge in [-0.3, -0.25) is 4.79 Å². The largest absolute Gasteiger partial charge is 0.378 e. The number of benzene rings is 1. The molecule has 0 N–H and O–H groups in total. The lowest BCUT2D eigenvalue weighted by molar-refractivity contribution is -0.133. The maximum atomic E-state index is 12.7. The third kappa shape index (κ3) is 3.65. The van der Waals surface area contributed by atoms with Crippen LogP contribution in [0.25, 0.3) is 21.3 Å². The molecule has 140 valence electrons. The normalized spacial score (nSPS) is 14.5. The molecule has 0 unspecified atom stereocenters. The summed E-state index contributed by atoms with van der Waals surface area (Å²) in [5.41, 5.74) is 2.24. The van der Waals surface area contributed by atoms with Crippen LogP contribution < -0.4 is 4.90 Å². The van der Waals surface area contributed by atoms with Gasteiger partial charge in [-0.25, -0.2) is 9.97 Å². The first-order valence-corrected chi connectivity index (χ1v) is 9.89. The maximum absolute atomic E-state index is 12.7. The van der Waals surface area contributed by atoms with Crippen LogP contribution in [-0.4, -0.2) is 60.7 Å². The summed E-state index contributed by atoms with van der Waals surface area (Å²) in [5.74, 6) is 1.62. The van der Waals surface area contributed by atoms with E-state index in [9.17, 15) is 4.79 Å². The van der Waals surface area contributed by atoms with E-state index in [-0.39, 0.29) is 12.5 Å². The van der Waals surface area contributed by atoms with Crippen molar-refractivity contribution in [1.29, 1.82) is 0 Å². The zero-order chi connectivity index (χ0) is 18.8. The Morgan fingerprint density at radius 2 is 1.96 bits per heavy atom. The van der Waals surface area contributed by atoms with Crippen LogP contribution in [-0.2, 0) is 9.53 Å². The van der Waals surface area contributed by atoms with E-state index in [0.717, 1.165) is 27.2 Å². The lowest BCUT2D eigenvalue weighted by Gasteiger charge is -2.29. The molecule has 0 radical (unpaired) electrons. The molecule has 0 saturated carbocycles. The summed E-state index contributed by atoms with van der Waals surface area (Å²) in [5, 5.41) is 3.13. The fourth-order valence-electron chi connectivity index (χ4n) is 3.32. The molecule has 4 rings (SSSR count). The zero-order valence-electron chi connectivity index (χ0n) is 15.5. The van der Waals surface area contributed by atoms with E-state index >= 15 is 0 Å². The predicted molar refractivity (Wildman–Crippen MR) is 108 cm³/mol. The third-order valence-corrected chi connectivity index (χ3v) is 5.58. The number of likely N-dealkylation sites (N-methyl/N-ethyl adjacent to an activating group) is 1. The average Bonchev–Trinajstić information content (AvgIpc) is 3.12. The van der Waals surface area contributed by atoms with Crippen molar-refractivity contribution in [1.82, 2.24) is 14.9 Å². The standard InChI is InChI=1S/C20H22N4O2S/c1-14-21-19(23(2)12-17(25)24-8-10-26-11-9-24)18-16(13-27-20(18)22-14)15-6-4-3-5-7-15/h3-7,13H,8-12H2,1-2H3. The molecule has 0 spiro atoms. The number of carbonyl (C=O) groups excluding carboxylic acids is 1. The molecule has 1 saturated heterocycles. The van der Waals surface area contributed by atoms with Gasteiger partial charge in [0.1, 0.15) is 16.5 Å². The smallest absolute Gasteiger partial charge is 0.242 e. The number of morpholine rings is 1. The molecule has 1 fully saturated rings. The summed E-state index contributed by atoms with van der Waals surface area (Å²) in [4.78, 5) is 26.7. The van der Waals surface area contributed by atoms with Crippen molar-refractivity contribution >= 4 is 33.3 Å². The first-order valence-electron chi connectivity index (χ1n) is 9.01. The summed E-state index contributed by atoms with van der Waals surface area (Å²) in [6.07, 6.45) is 0. The van der Waals surface area contributed by atoms with Gasteiger partial charge in [0.05, 0.1) is 25.1 Å². The SMILES string of the molecule is Cc1nc(N(C)CC(=O)N2CCOCC2)c2c(-c3ccccc3)csc2n1. The Morgan fingerprint density at radius 1 is 1.22 bits per heavy atom. The van der Waals surface area contributed by atoms with Gasteiger partial charge in [-0.1, -0.05) is 30.3 Å². The zero-order valence-corrected chi connectivity index (χ0v) is 16.3. The molecular weight excluding hydrogens is 360 g/mol. The Balaban J connectivity index is 1.69. The second-order valence-corrected chi connectivity index (χ2v) is 7.50. The fourth-order valence-corrected chi connectivity index (χ4v) is 4.31. The van der Waals surface area contributed by atoms with Crippen LogP contribution >= 0.6 is 11.3 Å². The number of hydrogen-bond donors (Lipinski definition) is 0.